The molecule has 0 fully saturated rings. The van der Waals surface area contributed by atoms with Crippen LogP contribution in [0, 0.1) is 0 Å². The van der Waals surface area contributed by atoms with Gasteiger partial charge in [-0.2, -0.15) is 0 Å². The van der Waals surface area contributed by atoms with Crippen LogP contribution in [0.2, 0.25) is 0 Å². The number of rotatable bonds is 2. The molecule has 0 aromatic heterocycles. The minimum Gasteiger partial charge on any atom is -0.386 e. The molecule has 0 unspecified atom stereocenters. The standard InChI is InChI=1S/C7H13NO/c1-7(2,3)8-5-4-6-9/h4-6,8H,1-3H3. The maximum absolute atomic E-state index is 9.76. The molecule has 9 heavy (non-hydrogen) atoms. The number of nitrogens with one attached hydrogen (secondary N) is 1. The van der Waals surface area contributed by atoms with Crippen molar-refractivity contribution in [2.75, 3.05) is 0 Å². The Balaban J connectivity index is 3.50. The molecule has 0 aliphatic rings. The fourth-order valence-corrected chi connectivity index (χ4v) is 0.337. The molecule has 0 heterocycles. The first-order valence-corrected chi connectivity index (χ1v) is 2.94. The summed E-state index contributed by atoms with van der Waals surface area (Å²) in [4.78, 5) is 9.76. The highest BCUT2D eigenvalue weighted by molar-refractivity contribution is 5.64. The van der Waals surface area contributed by atoms with E-state index < -0.39 is 0 Å². The Hall–Kier alpha value is -0.790. The van der Waals surface area contributed by atoms with Crippen molar-refractivity contribution in [3.05, 3.63) is 12.3 Å². The van der Waals surface area contributed by atoms with Gasteiger partial charge in [0.2, 0.25) is 0 Å². The van der Waals surface area contributed by atoms with Gasteiger partial charge < -0.3 is 5.32 Å². The van der Waals surface area contributed by atoms with Crippen molar-refractivity contribution in [3.63, 3.8) is 0 Å². The van der Waals surface area contributed by atoms with Crippen LogP contribution in [0.3, 0.4) is 0 Å². The SMILES string of the molecule is CC(C)(C)NC=CC=O. The minimum atomic E-state index is 0.0551. The minimum absolute atomic E-state index is 0.0551. The maximum atomic E-state index is 9.76. The van der Waals surface area contributed by atoms with Crippen molar-refractivity contribution >= 4 is 6.29 Å². The fourth-order valence-electron chi connectivity index (χ4n) is 0.337. The molecule has 0 spiro atoms. The van der Waals surface area contributed by atoms with Gasteiger partial charge in [0.25, 0.3) is 0 Å². The number of carbonyl (C=O) groups excluding carboxylic acids is 1. The van der Waals surface area contributed by atoms with Crippen LogP contribution < -0.4 is 5.32 Å². The van der Waals surface area contributed by atoms with Gasteiger partial charge in [-0.25, -0.2) is 0 Å². The highest BCUT2D eigenvalue weighted by Crippen LogP contribution is 1.96. The highest BCUT2D eigenvalue weighted by atomic mass is 16.1. The zero-order chi connectivity index (χ0) is 7.33. The Morgan fingerprint density at radius 2 is 1.89 bits per heavy atom. The van der Waals surface area contributed by atoms with E-state index in [1.165, 1.54) is 6.08 Å². The van der Waals surface area contributed by atoms with Crippen LogP contribution in [0.5, 0.6) is 0 Å². The van der Waals surface area contributed by atoms with Gasteiger partial charge in [-0.1, -0.05) is 0 Å². The zero-order valence-electron chi connectivity index (χ0n) is 6.14. The molecule has 0 amide bonds. The summed E-state index contributed by atoms with van der Waals surface area (Å²) >= 11 is 0. The first-order valence-electron chi connectivity index (χ1n) is 2.94. The Bertz CT molecular complexity index is 111. The van der Waals surface area contributed by atoms with Gasteiger partial charge in [-0.05, 0) is 26.8 Å². The van der Waals surface area contributed by atoms with Crippen LogP contribution in [0.15, 0.2) is 12.3 Å². The van der Waals surface area contributed by atoms with E-state index in [0.29, 0.717) is 0 Å². The normalized spacial score (nSPS) is 11.9. The van der Waals surface area contributed by atoms with E-state index >= 15 is 0 Å². The number of hydrogen-bond acceptors (Lipinski definition) is 2. The Morgan fingerprint density at radius 3 is 2.22 bits per heavy atom. The second kappa shape index (κ2) is 3.28. The van der Waals surface area contributed by atoms with E-state index in [2.05, 4.69) is 5.32 Å². The van der Waals surface area contributed by atoms with Crippen LogP contribution in [-0.2, 0) is 4.79 Å². The molecule has 0 radical (unpaired) electrons. The lowest BCUT2D eigenvalue weighted by Crippen LogP contribution is -2.30. The summed E-state index contributed by atoms with van der Waals surface area (Å²) in [6, 6.07) is 0. The molecule has 2 heteroatoms. The van der Waals surface area contributed by atoms with E-state index in [1.54, 1.807) is 6.20 Å². The predicted octanol–water partition coefficient (Wildman–Crippen LogP) is 1.09. The first-order chi connectivity index (χ1) is 4.06. The van der Waals surface area contributed by atoms with Crippen LogP contribution in [-0.4, -0.2) is 11.8 Å². The molecule has 0 aliphatic carbocycles. The van der Waals surface area contributed by atoms with Gasteiger partial charge in [0.05, 0.1) is 0 Å². The lowest BCUT2D eigenvalue weighted by Gasteiger charge is -2.17. The second-order valence-corrected chi connectivity index (χ2v) is 2.89. The van der Waals surface area contributed by atoms with Crippen molar-refractivity contribution in [2.45, 2.75) is 26.3 Å². The summed E-state index contributed by atoms with van der Waals surface area (Å²) in [5, 5.41) is 3.01. The first kappa shape index (κ1) is 8.21. The van der Waals surface area contributed by atoms with E-state index in [1.807, 2.05) is 20.8 Å². The fraction of sp³-hybridized carbons (Fsp3) is 0.571. The number of allylic oxidation sites excluding steroid dienone is 1. The number of aldehydes is 1. The lowest BCUT2D eigenvalue weighted by molar-refractivity contribution is -0.104. The molecule has 0 saturated carbocycles. The Kier molecular flexibility index (Phi) is 2.99. The third-order valence-corrected chi connectivity index (χ3v) is 0.691. The van der Waals surface area contributed by atoms with Crippen LogP contribution >= 0.6 is 0 Å². The molecule has 0 bridgehead atoms. The average Bonchev–Trinajstić information content (AvgIpc) is 1.63. The Labute approximate surface area is 56.0 Å². The van der Waals surface area contributed by atoms with Gasteiger partial charge in [0.15, 0.2) is 0 Å². The largest absolute Gasteiger partial charge is 0.386 e. The topological polar surface area (TPSA) is 29.1 Å². The summed E-state index contributed by atoms with van der Waals surface area (Å²) in [6.07, 6.45) is 3.83. The van der Waals surface area contributed by atoms with Crippen LogP contribution in [0.1, 0.15) is 20.8 Å². The van der Waals surface area contributed by atoms with E-state index in [4.69, 9.17) is 0 Å². The molecule has 0 aromatic rings. The zero-order valence-corrected chi connectivity index (χ0v) is 6.14. The van der Waals surface area contributed by atoms with Crippen LogP contribution in [0.25, 0.3) is 0 Å². The summed E-state index contributed by atoms with van der Waals surface area (Å²) in [6.45, 7) is 6.09. The number of carbonyl (C=O) groups is 1. The van der Waals surface area contributed by atoms with E-state index in [0.717, 1.165) is 6.29 Å². The van der Waals surface area contributed by atoms with E-state index in [-0.39, 0.29) is 5.54 Å². The molecule has 2 nitrogen and oxygen atoms in total. The van der Waals surface area contributed by atoms with E-state index in [9.17, 15) is 4.79 Å². The van der Waals surface area contributed by atoms with Gasteiger partial charge in [0.1, 0.15) is 6.29 Å². The van der Waals surface area contributed by atoms with Gasteiger partial charge in [-0.3, -0.25) is 4.79 Å². The van der Waals surface area contributed by atoms with Crippen molar-refractivity contribution in [2.24, 2.45) is 0 Å². The molecule has 1 N–H and O–H groups in total. The average molecular weight is 127 g/mol. The van der Waals surface area contributed by atoms with Crippen molar-refractivity contribution in [3.8, 4) is 0 Å². The molecule has 0 rings (SSSR count). The third-order valence-electron chi connectivity index (χ3n) is 0.691. The maximum Gasteiger partial charge on any atom is 0.144 e. The number of hydrogen-bond donors (Lipinski definition) is 1. The van der Waals surface area contributed by atoms with Crippen molar-refractivity contribution in [1.82, 2.24) is 5.32 Å². The molecule has 0 atom stereocenters. The van der Waals surface area contributed by atoms with Crippen molar-refractivity contribution in [1.29, 1.82) is 0 Å². The summed E-state index contributed by atoms with van der Waals surface area (Å²) in [7, 11) is 0. The second-order valence-electron chi connectivity index (χ2n) is 2.89. The van der Waals surface area contributed by atoms with Gasteiger partial charge >= 0.3 is 0 Å². The predicted molar refractivity (Wildman–Crippen MR) is 38.1 cm³/mol. The molecular weight excluding hydrogens is 114 g/mol. The summed E-state index contributed by atoms with van der Waals surface area (Å²) in [5.41, 5.74) is 0.0551. The van der Waals surface area contributed by atoms with Crippen molar-refractivity contribution < 1.29 is 4.79 Å². The molecule has 0 saturated heterocycles. The highest BCUT2D eigenvalue weighted by Gasteiger charge is 2.03. The molecule has 52 valence electrons. The quantitative estimate of drug-likeness (QED) is 0.444. The lowest BCUT2D eigenvalue weighted by atomic mass is 10.1. The molecular formula is C7H13NO. The molecule has 0 aliphatic heterocycles. The summed E-state index contributed by atoms with van der Waals surface area (Å²) in [5.74, 6) is 0. The third kappa shape index (κ3) is 7.21. The Morgan fingerprint density at radius 1 is 1.33 bits per heavy atom. The van der Waals surface area contributed by atoms with Crippen LogP contribution in [0.4, 0.5) is 0 Å². The molecule has 0 aromatic carbocycles. The monoisotopic (exact) mass is 127 g/mol. The van der Waals surface area contributed by atoms with Gasteiger partial charge in [0, 0.05) is 11.7 Å². The smallest absolute Gasteiger partial charge is 0.144 e. The summed E-state index contributed by atoms with van der Waals surface area (Å²) < 4.78 is 0. The van der Waals surface area contributed by atoms with Gasteiger partial charge in [-0.15, -0.1) is 0 Å².